The number of carbonyl (C=O) groups is 1. The van der Waals surface area contributed by atoms with Crippen molar-refractivity contribution in [2.45, 2.75) is 13.5 Å². The number of hydrogen-bond acceptors (Lipinski definition) is 6. The normalized spacial score (nSPS) is 14.7. The number of benzene rings is 2. The van der Waals surface area contributed by atoms with Gasteiger partial charge in [-0.15, -0.1) is 0 Å². The van der Waals surface area contributed by atoms with Gasteiger partial charge >= 0.3 is 0 Å². The Labute approximate surface area is 180 Å². The van der Waals surface area contributed by atoms with Gasteiger partial charge in [-0.1, -0.05) is 34.5 Å². The maximum Gasteiger partial charge on any atom is 0.260 e. The summed E-state index contributed by atoms with van der Waals surface area (Å²) in [6.45, 7) is 5.41. The molecule has 0 saturated carbocycles. The maximum absolute atomic E-state index is 12.4. The smallest absolute Gasteiger partial charge is 0.260 e. The van der Waals surface area contributed by atoms with Gasteiger partial charge in [0.1, 0.15) is 5.75 Å². The van der Waals surface area contributed by atoms with Gasteiger partial charge in [0.15, 0.2) is 6.61 Å². The van der Waals surface area contributed by atoms with Crippen LogP contribution >= 0.6 is 11.6 Å². The molecule has 7 nitrogen and oxygen atoms in total. The number of hydrogen-bond donors (Lipinski definition) is 0. The lowest BCUT2D eigenvalue weighted by molar-refractivity contribution is -0.135. The molecule has 0 atom stereocenters. The zero-order chi connectivity index (χ0) is 20.9. The van der Waals surface area contributed by atoms with Crippen molar-refractivity contribution in [2.24, 2.45) is 0 Å². The summed E-state index contributed by atoms with van der Waals surface area (Å²) < 4.78 is 11.0. The Morgan fingerprint density at radius 1 is 1.07 bits per heavy atom. The minimum absolute atomic E-state index is 0.00181. The number of aryl methyl sites for hydroxylation is 1. The summed E-state index contributed by atoms with van der Waals surface area (Å²) in [6, 6.07) is 15.0. The Morgan fingerprint density at radius 2 is 1.77 bits per heavy atom. The van der Waals surface area contributed by atoms with Crippen LogP contribution < -0.4 is 4.74 Å². The number of halogens is 1. The monoisotopic (exact) mass is 426 g/mol. The fourth-order valence-corrected chi connectivity index (χ4v) is 3.38. The average molecular weight is 427 g/mol. The van der Waals surface area contributed by atoms with E-state index in [9.17, 15) is 4.79 Å². The molecule has 1 aromatic heterocycles. The van der Waals surface area contributed by atoms with Crippen LogP contribution in [0.4, 0.5) is 0 Å². The summed E-state index contributed by atoms with van der Waals surface area (Å²) in [6.07, 6.45) is 0. The molecular formula is C22H23ClN4O3. The second-order valence-corrected chi connectivity index (χ2v) is 7.71. The van der Waals surface area contributed by atoms with Crippen LogP contribution in [0.1, 0.15) is 11.5 Å². The van der Waals surface area contributed by atoms with Crippen molar-refractivity contribution in [3.63, 3.8) is 0 Å². The number of ether oxygens (including phenoxy) is 1. The molecule has 0 N–H and O–H groups in total. The fraction of sp³-hybridized carbons (Fsp3) is 0.318. The van der Waals surface area contributed by atoms with E-state index in [1.165, 1.54) is 0 Å². The van der Waals surface area contributed by atoms with Crippen LogP contribution in [0.2, 0.25) is 5.02 Å². The van der Waals surface area contributed by atoms with E-state index in [-0.39, 0.29) is 12.5 Å². The van der Waals surface area contributed by atoms with Crippen LogP contribution in [-0.4, -0.2) is 58.6 Å². The number of aromatic nitrogens is 2. The first-order valence-corrected chi connectivity index (χ1v) is 10.2. The van der Waals surface area contributed by atoms with Gasteiger partial charge in [-0.05, 0) is 43.3 Å². The zero-order valence-corrected chi connectivity index (χ0v) is 17.5. The van der Waals surface area contributed by atoms with Gasteiger partial charge in [0, 0.05) is 36.8 Å². The highest BCUT2D eigenvalue weighted by Crippen LogP contribution is 2.19. The molecule has 0 unspecified atom stereocenters. The minimum Gasteiger partial charge on any atom is -0.484 e. The van der Waals surface area contributed by atoms with Gasteiger partial charge in [-0.3, -0.25) is 9.69 Å². The highest BCUT2D eigenvalue weighted by Gasteiger charge is 2.23. The summed E-state index contributed by atoms with van der Waals surface area (Å²) in [4.78, 5) is 20.9. The number of rotatable bonds is 6. The van der Waals surface area contributed by atoms with Gasteiger partial charge < -0.3 is 14.2 Å². The molecule has 1 fully saturated rings. The van der Waals surface area contributed by atoms with Crippen molar-refractivity contribution in [3.05, 3.63) is 65.0 Å². The van der Waals surface area contributed by atoms with Gasteiger partial charge in [0.25, 0.3) is 5.91 Å². The molecule has 2 aromatic carbocycles. The summed E-state index contributed by atoms with van der Waals surface area (Å²) in [5, 5.41) is 4.71. The van der Waals surface area contributed by atoms with E-state index in [0.717, 1.165) is 24.2 Å². The van der Waals surface area contributed by atoms with Crippen LogP contribution in [0.25, 0.3) is 11.4 Å². The summed E-state index contributed by atoms with van der Waals surface area (Å²) in [5.74, 6) is 1.81. The van der Waals surface area contributed by atoms with E-state index in [1.807, 2.05) is 48.2 Å². The van der Waals surface area contributed by atoms with Crippen molar-refractivity contribution < 1.29 is 14.1 Å². The second-order valence-electron chi connectivity index (χ2n) is 7.28. The Kier molecular flexibility index (Phi) is 6.30. The summed E-state index contributed by atoms with van der Waals surface area (Å²) >= 11 is 5.92. The largest absolute Gasteiger partial charge is 0.484 e. The van der Waals surface area contributed by atoms with Crippen molar-refractivity contribution in [3.8, 4) is 17.1 Å². The average Bonchev–Trinajstić information content (AvgIpc) is 3.22. The summed E-state index contributed by atoms with van der Waals surface area (Å²) in [5.41, 5.74) is 2.02. The van der Waals surface area contributed by atoms with E-state index in [2.05, 4.69) is 15.0 Å². The molecule has 1 amide bonds. The SMILES string of the molecule is Cc1ccc(OCC(=O)N2CCN(Cc3nc(-c4ccc(Cl)cc4)no3)CC2)cc1. The third kappa shape index (κ3) is 5.17. The lowest BCUT2D eigenvalue weighted by Crippen LogP contribution is -2.49. The Hall–Kier alpha value is -2.90. The van der Waals surface area contributed by atoms with Crippen LogP contribution in [0.3, 0.4) is 0 Å². The number of carbonyl (C=O) groups excluding carboxylic acids is 1. The van der Waals surface area contributed by atoms with Crippen LogP contribution in [0, 0.1) is 6.92 Å². The van der Waals surface area contributed by atoms with E-state index in [0.29, 0.717) is 42.1 Å². The molecule has 1 saturated heterocycles. The van der Waals surface area contributed by atoms with Crippen LogP contribution in [-0.2, 0) is 11.3 Å². The standard InChI is InChI=1S/C22H23ClN4O3/c1-16-2-8-19(9-3-16)29-15-21(28)27-12-10-26(11-13-27)14-20-24-22(25-30-20)17-4-6-18(23)7-5-17/h2-9H,10-15H2,1H3. The van der Waals surface area contributed by atoms with E-state index >= 15 is 0 Å². The molecule has 156 valence electrons. The quantitative estimate of drug-likeness (QED) is 0.601. The van der Waals surface area contributed by atoms with Crippen molar-refractivity contribution in [2.75, 3.05) is 32.8 Å². The second kappa shape index (κ2) is 9.28. The molecule has 0 aliphatic carbocycles. The number of amides is 1. The molecule has 1 aliphatic rings. The molecule has 0 bridgehead atoms. The maximum atomic E-state index is 12.4. The molecule has 3 aromatic rings. The number of nitrogens with zero attached hydrogens (tertiary/aromatic N) is 4. The van der Waals surface area contributed by atoms with Gasteiger partial charge in [-0.2, -0.15) is 4.98 Å². The van der Waals surface area contributed by atoms with E-state index in [4.69, 9.17) is 20.9 Å². The molecule has 0 radical (unpaired) electrons. The fourth-order valence-electron chi connectivity index (χ4n) is 3.25. The topological polar surface area (TPSA) is 71.7 Å². The third-order valence-corrected chi connectivity index (χ3v) is 5.29. The van der Waals surface area contributed by atoms with Crippen molar-refractivity contribution >= 4 is 17.5 Å². The molecule has 1 aliphatic heterocycles. The van der Waals surface area contributed by atoms with Crippen molar-refractivity contribution in [1.82, 2.24) is 19.9 Å². The van der Waals surface area contributed by atoms with Gasteiger partial charge in [0.2, 0.25) is 11.7 Å². The first-order chi connectivity index (χ1) is 14.6. The number of piperazine rings is 1. The molecule has 4 rings (SSSR count). The lowest BCUT2D eigenvalue weighted by atomic mass is 10.2. The molecule has 0 spiro atoms. The van der Waals surface area contributed by atoms with E-state index in [1.54, 1.807) is 12.1 Å². The minimum atomic E-state index is -0.00181. The highest BCUT2D eigenvalue weighted by atomic mass is 35.5. The Balaban J connectivity index is 1.24. The lowest BCUT2D eigenvalue weighted by Gasteiger charge is -2.33. The van der Waals surface area contributed by atoms with E-state index < -0.39 is 0 Å². The molecule has 2 heterocycles. The first-order valence-electron chi connectivity index (χ1n) is 9.85. The zero-order valence-electron chi connectivity index (χ0n) is 16.8. The predicted molar refractivity (Wildman–Crippen MR) is 113 cm³/mol. The van der Waals surface area contributed by atoms with Crippen LogP contribution in [0.5, 0.6) is 5.75 Å². The van der Waals surface area contributed by atoms with Gasteiger partial charge in [0.05, 0.1) is 6.54 Å². The molecular weight excluding hydrogens is 404 g/mol. The van der Waals surface area contributed by atoms with Crippen molar-refractivity contribution in [1.29, 1.82) is 0 Å². The third-order valence-electron chi connectivity index (χ3n) is 5.04. The Bertz CT molecular complexity index is 980. The molecule has 30 heavy (non-hydrogen) atoms. The molecule has 8 heteroatoms. The first kappa shape index (κ1) is 20.4. The van der Waals surface area contributed by atoms with Crippen LogP contribution in [0.15, 0.2) is 53.1 Å². The summed E-state index contributed by atoms with van der Waals surface area (Å²) in [7, 11) is 0. The van der Waals surface area contributed by atoms with Gasteiger partial charge in [-0.25, -0.2) is 0 Å². The Morgan fingerprint density at radius 3 is 2.47 bits per heavy atom. The predicted octanol–water partition coefficient (Wildman–Crippen LogP) is 3.42. The highest BCUT2D eigenvalue weighted by molar-refractivity contribution is 6.30.